The van der Waals surface area contributed by atoms with E-state index in [1.165, 1.54) is 36.8 Å². The maximum Gasteiger partial charge on any atom is 0.189 e. The minimum Gasteiger partial charge on any atom is -0.365 e. The molecule has 2 aromatic heterocycles. The van der Waals surface area contributed by atoms with Crippen molar-refractivity contribution in [2.24, 2.45) is 11.3 Å². The summed E-state index contributed by atoms with van der Waals surface area (Å²) in [5.41, 5.74) is 4.81. The predicted molar refractivity (Wildman–Crippen MR) is 123 cm³/mol. The summed E-state index contributed by atoms with van der Waals surface area (Å²) in [6, 6.07) is 6.77. The highest BCUT2D eigenvalue weighted by molar-refractivity contribution is 7.21. The van der Waals surface area contributed by atoms with Crippen molar-refractivity contribution < 1.29 is 0 Å². The second kappa shape index (κ2) is 7.90. The van der Waals surface area contributed by atoms with Gasteiger partial charge in [0.2, 0.25) is 0 Å². The quantitative estimate of drug-likeness (QED) is 0.517. The molecule has 0 saturated heterocycles. The lowest BCUT2D eigenvalue weighted by molar-refractivity contribution is 0.173. The summed E-state index contributed by atoms with van der Waals surface area (Å²) in [7, 11) is 0. The Morgan fingerprint density at radius 1 is 1.00 bits per heavy atom. The van der Waals surface area contributed by atoms with Crippen LogP contribution in [0.2, 0.25) is 0 Å². The molecular weight excluding hydrogens is 378 g/mol. The van der Waals surface area contributed by atoms with Crippen LogP contribution in [0.1, 0.15) is 57.6 Å². The first-order valence-corrected chi connectivity index (χ1v) is 11.3. The summed E-state index contributed by atoms with van der Waals surface area (Å²) < 4.78 is 0. The molecule has 1 aromatic carbocycles. The van der Waals surface area contributed by atoms with E-state index in [1.807, 2.05) is 0 Å². The third-order valence-corrected chi connectivity index (χ3v) is 7.08. The lowest BCUT2D eigenvalue weighted by Gasteiger charge is -2.37. The van der Waals surface area contributed by atoms with Crippen LogP contribution in [-0.2, 0) is 0 Å². The zero-order valence-electron chi connectivity index (χ0n) is 18.0. The van der Waals surface area contributed by atoms with Gasteiger partial charge in [-0.05, 0) is 62.0 Å². The maximum absolute atomic E-state index is 4.83. The van der Waals surface area contributed by atoms with Gasteiger partial charge >= 0.3 is 0 Å². The van der Waals surface area contributed by atoms with Crippen LogP contribution in [0, 0.1) is 25.2 Å². The van der Waals surface area contributed by atoms with Gasteiger partial charge in [-0.2, -0.15) is 0 Å². The van der Waals surface area contributed by atoms with Crippen LogP contribution in [0.25, 0.3) is 10.3 Å². The van der Waals surface area contributed by atoms with E-state index >= 15 is 0 Å². The highest BCUT2D eigenvalue weighted by atomic mass is 32.1. The van der Waals surface area contributed by atoms with Gasteiger partial charge in [0.25, 0.3) is 0 Å². The van der Waals surface area contributed by atoms with Crippen molar-refractivity contribution in [1.29, 1.82) is 0 Å². The Balaban J connectivity index is 1.52. The zero-order valence-corrected chi connectivity index (χ0v) is 18.9. The molecule has 6 heteroatoms. The number of thiazole rings is 1. The molecule has 2 heterocycles. The second-order valence-electron chi connectivity index (χ2n) is 9.35. The fourth-order valence-electron chi connectivity index (χ4n) is 4.33. The molecule has 0 aliphatic heterocycles. The first-order chi connectivity index (χ1) is 13.8. The van der Waals surface area contributed by atoms with Gasteiger partial charge in [-0.3, -0.25) is 0 Å². The Bertz CT molecular complexity index is 976. The van der Waals surface area contributed by atoms with Crippen LogP contribution in [0.3, 0.4) is 0 Å². The van der Waals surface area contributed by atoms with Crippen LogP contribution >= 0.6 is 11.3 Å². The summed E-state index contributed by atoms with van der Waals surface area (Å²) >= 11 is 1.58. The number of hydrogen-bond acceptors (Lipinski definition) is 6. The van der Waals surface area contributed by atoms with Crippen molar-refractivity contribution in [2.45, 2.75) is 66.3 Å². The smallest absolute Gasteiger partial charge is 0.189 e. The molecule has 3 aromatic rings. The number of hydrogen-bond donors (Lipinski definition) is 2. The molecule has 1 aliphatic rings. The summed E-state index contributed by atoms with van der Waals surface area (Å²) in [5, 5.41) is 8.01. The van der Waals surface area contributed by atoms with Crippen molar-refractivity contribution in [3.8, 4) is 0 Å². The Kier molecular flexibility index (Phi) is 5.47. The number of rotatable bonds is 4. The number of aryl methyl sites for hydroxylation is 2. The molecule has 0 atom stereocenters. The van der Waals surface area contributed by atoms with Crippen molar-refractivity contribution in [1.82, 2.24) is 15.0 Å². The summed E-state index contributed by atoms with van der Waals surface area (Å²) in [4.78, 5) is 14.7. The molecular formula is C23H31N5S. The number of para-hydroxylation sites is 1. The average molecular weight is 410 g/mol. The topological polar surface area (TPSA) is 62.7 Å². The van der Waals surface area contributed by atoms with Gasteiger partial charge in [-0.15, -0.1) is 0 Å². The second-order valence-corrected chi connectivity index (χ2v) is 10.3. The van der Waals surface area contributed by atoms with Crippen LogP contribution < -0.4 is 10.6 Å². The van der Waals surface area contributed by atoms with Gasteiger partial charge in [0.05, 0.1) is 0 Å². The van der Waals surface area contributed by atoms with Gasteiger partial charge in [0, 0.05) is 11.7 Å². The highest BCUT2D eigenvalue weighted by Crippen LogP contribution is 2.39. The highest BCUT2D eigenvalue weighted by Gasteiger charge is 2.30. The fraction of sp³-hybridized carbons (Fsp3) is 0.522. The molecule has 154 valence electrons. The average Bonchev–Trinajstić information content (AvgIpc) is 3.08. The minimum atomic E-state index is 0.399. The molecule has 0 amide bonds. The van der Waals surface area contributed by atoms with Crippen molar-refractivity contribution >= 4 is 38.3 Å². The number of benzene rings is 1. The van der Waals surface area contributed by atoms with E-state index in [-0.39, 0.29) is 0 Å². The molecule has 29 heavy (non-hydrogen) atoms. The maximum atomic E-state index is 4.83. The predicted octanol–water partition coefficient (Wildman–Crippen LogP) is 6.46. The van der Waals surface area contributed by atoms with Crippen molar-refractivity contribution in [2.75, 3.05) is 10.6 Å². The molecule has 5 nitrogen and oxygen atoms in total. The van der Waals surface area contributed by atoms with Gasteiger partial charge in [0.1, 0.15) is 11.8 Å². The molecule has 0 spiro atoms. The van der Waals surface area contributed by atoms with E-state index in [0.717, 1.165) is 32.9 Å². The van der Waals surface area contributed by atoms with Crippen LogP contribution in [0.5, 0.6) is 0 Å². The number of anilines is 3. The Labute approximate surface area is 177 Å². The third kappa shape index (κ3) is 4.37. The normalized spacial score (nSPS) is 20.0. The number of nitrogens with one attached hydrogen (secondary N) is 2. The largest absolute Gasteiger partial charge is 0.365 e. The SMILES string of the molecule is Cc1cccc(C)c1Nc1nc2c(NC3CCC(C(C)(C)C)CC3)ncnc2s1. The summed E-state index contributed by atoms with van der Waals surface area (Å²) in [5.74, 6) is 1.67. The first kappa shape index (κ1) is 20.1. The van der Waals surface area contributed by atoms with Crippen molar-refractivity contribution in [3.63, 3.8) is 0 Å². The Hall–Kier alpha value is -2.21. The molecule has 0 radical (unpaired) electrons. The summed E-state index contributed by atoms with van der Waals surface area (Å²) in [6.07, 6.45) is 6.56. The zero-order chi connectivity index (χ0) is 20.6. The van der Waals surface area contributed by atoms with E-state index < -0.39 is 0 Å². The fourth-order valence-corrected chi connectivity index (χ4v) is 5.14. The van der Waals surface area contributed by atoms with Gasteiger partial charge in [-0.1, -0.05) is 50.3 Å². The number of aromatic nitrogens is 3. The Morgan fingerprint density at radius 2 is 1.69 bits per heavy atom. The first-order valence-electron chi connectivity index (χ1n) is 10.5. The van der Waals surface area contributed by atoms with E-state index in [9.17, 15) is 0 Å². The third-order valence-electron chi connectivity index (χ3n) is 6.20. The standard InChI is InChI=1S/C23H31N5S/c1-14-7-6-8-15(2)18(14)27-22-28-19-20(24-13-25-21(19)29-22)26-17-11-9-16(10-12-17)23(3,4)5/h6-8,13,16-17H,9-12H2,1-5H3,(H,27,28)(H,24,25,26). The molecule has 1 fully saturated rings. The lowest BCUT2D eigenvalue weighted by atomic mass is 9.71. The van der Waals surface area contributed by atoms with Gasteiger partial charge < -0.3 is 10.6 Å². The van der Waals surface area contributed by atoms with Gasteiger partial charge in [-0.25, -0.2) is 15.0 Å². The van der Waals surface area contributed by atoms with E-state index in [4.69, 9.17) is 4.98 Å². The van der Waals surface area contributed by atoms with Crippen LogP contribution in [0.4, 0.5) is 16.6 Å². The number of nitrogens with zero attached hydrogens (tertiary/aromatic N) is 3. The molecule has 4 rings (SSSR count). The van der Waals surface area contributed by atoms with E-state index in [2.05, 4.69) is 73.4 Å². The minimum absolute atomic E-state index is 0.399. The molecule has 0 bridgehead atoms. The summed E-state index contributed by atoms with van der Waals surface area (Å²) in [6.45, 7) is 11.3. The van der Waals surface area contributed by atoms with E-state index in [0.29, 0.717) is 11.5 Å². The molecule has 1 saturated carbocycles. The molecule has 0 unspecified atom stereocenters. The van der Waals surface area contributed by atoms with Gasteiger partial charge in [0.15, 0.2) is 15.8 Å². The molecule has 2 N–H and O–H groups in total. The van der Waals surface area contributed by atoms with Crippen molar-refractivity contribution in [3.05, 3.63) is 35.7 Å². The van der Waals surface area contributed by atoms with E-state index in [1.54, 1.807) is 17.7 Å². The van der Waals surface area contributed by atoms with Crippen LogP contribution in [0.15, 0.2) is 24.5 Å². The molecule has 1 aliphatic carbocycles. The van der Waals surface area contributed by atoms with Crippen LogP contribution in [-0.4, -0.2) is 21.0 Å². The monoisotopic (exact) mass is 409 g/mol. The lowest BCUT2D eigenvalue weighted by Crippen LogP contribution is -2.31. The number of fused-ring (bicyclic) bond motifs is 1. The Morgan fingerprint density at radius 3 is 2.34 bits per heavy atom.